The number of hydrogen-bond acceptors (Lipinski definition) is 4. The van der Waals surface area contributed by atoms with E-state index in [1.54, 1.807) is 19.1 Å². The smallest absolute Gasteiger partial charge is 0.311 e. The van der Waals surface area contributed by atoms with Crippen LogP contribution < -0.4 is 10.5 Å². The first-order valence-corrected chi connectivity index (χ1v) is 6.11. The predicted molar refractivity (Wildman–Crippen MR) is 70.8 cm³/mol. The molecule has 0 saturated carbocycles. The average molecular weight is 252 g/mol. The van der Waals surface area contributed by atoms with Gasteiger partial charge in [0.1, 0.15) is 0 Å². The number of hydrogen-bond donors (Lipinski definition) is 1. The minimum atomic E-state index is -0.421. The Labute approximate surface area is 107 Å². The molecule has 100 valence electrons. The highest BCUT2D eigenvalue weighted by molar-refractivity contribution is 5.48. The van der Waals surface area contributed by atoms with E-state index in [-0.39, 0.29) is 11.7 Å². The molecule has 1 unspecified atom stereocenters. The van der Waals surface area contributed by atoms with Gasteiger partial charge < -0.3 is 10.5 Å². The molecule has 1 atom stereocenters. The van der Waals surface area contributed by atoms with Gasteiger partial charge >= 0.3 is 5.69 Å². The first-order valence-electron chi connectivity index (χ1n) is 6.11. The van der Waals surface area contributed by atoms with Gasteiger partial charge in [0, 0.05) is 12.1 Å². The van der Waals surface area contributed by atoms with Gasteiger partial charge in [0.2, 0.25) is 0 Å². The van der Waals surface area contributed by atoms with Crippen LogP contribution >= 0.6 is 0 Å². The standard InChI is InChI=1S/C13H20N2O3/c1-4-18-13-6-5-10(7-11(14)9(2)3)8-12(13)15(16)17/h5-6,8-9,11H,4,7,14H2,1-3H3. The molecule has 5 heteroatoms. The van der Waals surface area contributed by atoms with Crippen LogP contribution in [-0.2, 0) is 6.42 Å². The Morgan fingerprint density at radius 2 is 2.11 bits per heavy atom. The van der Waals surface area contributed by atoms with E-state index in [1.165, 1.54) is 0 Å². The van der Waals surface area contributed by atoms with E-state index in [1.807, 2.05) is 19.9 Å². The van der Waals surface area contributed by atoms with Crippen LogP contribution in [0.1, 0.15) is 26.3 Å². The summed E-state index contributed by atoms with van der Waals surface area (Å²) in [4.78, 5) is 10.5. The van der Waals surface area contributed by atoms with Crippen molar-refractivity contribution in [2.45, 2.75) is 33.2 Å². The number of nitrogens with zero attached hydrogens (tertiary/aromatic N) is 1. The van der Waals surface area contributed by atoms with Gasteiger partial charge in [-0.2, -0.15) is 0 Å². The molecule has 0 aliphatic rings. The van der Waals surface area contributed by atoms with E-state index in [0.29, 0.717) is 24.7 Å². The summed E-state index contributed by atoms with van der Waals surface area (Å²) in [7, 11) is 0. The topological polar surface area (TPSA) is 78.4 Å². The second-order valence-corrected chi connectivity index (χ2v) is 4.60. The second-order valence-electron chi connectivity index (χ2n) is 4.60. The van der Waals surface area contributed by atoms with Crippen molar-refractivity contribution < 1.29 is 9.66 Å². The van der Waals surface area contributed by atoms with Gasteiger partial charge in [0.05, 0.1) is 11.5 Å². The summed E-state index contributed by atoms with van der Waals surface area (Å²) in [5, 5.41) is 11.0. The molecule has 0 heterocycles. The van der Waals surface area contributed by atoms with Crippen LogP contribution in [0.5, 0.6) is 5.75 Å². The minimum Gasteiger partial charge on any atom is -0.487 e. The summed E-state index contributed by atoms with van der Waals surface area (Å²) >= 11 is 0. The molecule has 2 N–H and O–H groups in total. The van der Waals surface area contributed by atoms with Crippen LogP contribution in [0, 0.1) is 16.0 Å². The van der Waals surface area contributed by atoms with Crippen LogP contribution in [0.2, 0.25) is 0 Å². The lowest BCUT2D eigenvalue weighted by Gasteiger charge is -2.15. The summed E-state index contributed by atoms with van der Waals surface area (Å²) in [6.07, 6.45) is 0.630. The van der Waals surface area contributed by atoms with Gasteiger partial charge in [-0.1, -0.05) is 19.9 Å². The lowest BCUT2D eigenvalue weighted by Crippen LogP contribution is -2.28. The van der Waals surface area contributed by atoms with Gasteiger partial charge in [-0.15, -0.1) is 0 Å². The summed E-state index contributed by atoms with van der Waals surface area (Å²) in [6, 6.07) is 5.03. The molecular weight excluding hydrogens is 232 g/mol. The summed E-state index contributed by atoms with van der Waals surface area (Å²) in [5.74, 6) is 0.653. The van der Waals surface area contributed by atoms with Crippen LogP contribution in [0.25, 0.3) is 0 Å². The molecule has 5 nitrogen and oxygen atoms in total. The zero-order chi connectivity index (χ0) is 13.7. The van der Waals surface area contributed by atoms with Crippen molar-refractivity contribution in [3.8, 4) is 5.75 Å². The molecule has 0 radical (unpaired) electrons. The number of nitro groups is 1. The summed E-state index contributed by atoms with van der Waals surface area (Å²) in [6.45, 7) is 6.28. The number of ether oxygens (including phenoxy) is 1. The Kier molecular flexibility index (Phi) is 5.09. The molecule has 0 amide bonds. The molecular formula is C13H20N2O3. The number of nitrogens with two attached hydrogens (primary N) is 1. The Bertz CT molecular complexity index is 419. The molecule has 0 bridgehead atoms. The largest absolute Gasteiger partial charge is 0.487 e. The third-order valence-corrected chi connectivity index (χ3v) is 2.85. The molecule has 0 saturated heterocycles. The van der Waals surface area contributed by atoms with Crippen molar-refractivity contribution in [1.82, 2.24) is 0 Å². The van der Waals surface area contributed by atoms with Gasteiger partial charge in [-0.05, 0) is 30.9 Å². The first-order chi connectivity index (χ1) is 8.45. The minimum absolute atomic E-state index is 0.00236. The highest BCUT2D eigenvalue weighted by atomic mass is 16.6. The normalized spacial score (nSPS) is 12.5. The van der Waals surface area contributed by atoms with Crippen molar-refractivity contribution >= 4 is 5.69 Å². The van der Waals surface area contributed by atoms with Gasteiger partial charge in [0.25, 0.3) is 0 Å². The van der Waals surface area contributed by atoms with Crippen LogP contribution in [-0.4, -0.2) is 17.6 Å². The predicted octanol–water partition coefficient (Wildman–Crippen LogP) is 2.52. The highest BCUT2D eigenvalue weighted by Crippen LogP contribution is 2.28. The molecule has 0 aliphatic heterocycles. The molecule has 0 aromatic heterocycles. The third kappa shape index (κ3) is 3.70. The molecule has 0 aliphatic carbocycles. The number of nitro benzene ring substituents is 1. The second kappa shape index (κ2) is 6.35. The number of rotatable bonds is 6. The van der Waals surface area contributed by atoms with Crippen molar-refractivity contribution in [3.63, 3.8) is 0 Å². The fourth-order valence-electron chi connectivity index (χ4n) is 1.62. The lowest BCUT2D eigenvalue weighted by molar-refractivity contribution is -0.385. The zero-order valence-electron chi connectivity index (χ0n) is 11.1. The fourth-order valence-corrected chi connectivity index (χ4v) is 1.62. The molecule has 0 spiro atoms. The Balaban J connectivity index is 2.96. The van der Waals surface area contributed by atoms with Crippen LogP contribution in [0.3, 0.4) is 0 Å². The maximum atomic E-state index is 11.0. The Morgan fingerprint density at radius 1 is 1.44 bits per heavy atom. The Morgan fingerprint density at radius 3 is 2.61 bits per heavy atom. The monoisotopic (exact) mass is 252 g/mol. The first kappa shape index (κ1) is 14.4. The van der Waals surface area contributed by atoms with Crippen molar-refractivity contribution in [2.24, 2.45) is 11.7 Å². The quantitative estimate of drug-likeness (QED) is 0.623. The van der Waals surface area contributed by atoms with E-state index in [2.05, 4.69) is 0 Å². The Hall–Kier alpha value is -1.62. The van der Waals surface area contributed by atoms with E-state index >= 15 is 0 Å². The fraction of sp³-hybridized carbons (Fsp3) is 0.538. The summed E-state index contributed by atoms with van der Waals surface area (Å²) in [5.41, 5.74) is 6.84. The third-order valence-electron chi connectivity index (χ3n) is 2.85. The van der Waals surface area contributed by atoms with Crippen molar-refractivity contribution in [3.05, 3.63) is 33.9 Å². The maximum Gasteiger partial charge on any atom is 0.311 e. The molecule has 0 fully saturated rings. The van der Waals surface area contributed by atoms with E-state index in [4.69, 9.17) is 10.5 Å². The highest BCUT2D eigenvalue weighted by Gasteiger charge is 2.17. The number of benzene rings is 1. The molecule has 1 rings (SSSR count). The van der Waals surface area contributed by atoms with E-state index < -0.39 is 4.92 Å². The summed E-state index contributed by atoms with van der Waals surface area (Å²) < 4.78 is 5.23. The molecule has 1 aromatic rings. The SMILES string of the molecule is CCOc1ccc(CC(N)C(C)C)cc1[N+](=O)[O-]. The van der Waals surface area contributed by atoms with Crippen molar-refractivity contribution in [2.75, 3.05) is 6.61 Å². The van der Waals surface area contributed by atoms with Crippen molar-refractivity contribution in [1.29, 1.82) is 0 Å². The van der Waals surface area contributed by atoms with Crippen LogP contribution in [0.4, 0.5) is 5.69 Å². The van der Waals surface area contributed by atoms with E-state index in [9.17, 15) is 10.1 Å². The van der Waals surface area contributed by atoms with Crippen LogP contribution in [0.15, 0.2) is 18.2 Å². The van der Waals surface area contributed by atoms with Gasteiger partial charge in [-0.25, -0.2) is 0 Å². The lowest BCUT2D eigenvalue weighted by atomic mass is 9.97. The average Bonchev–Trinajstić information content (AvgIpc) is 2.30. The van der Waals surface area contributed by atoms with Gasteiger partial charge in [0.15, 0.2) is 5.75 Å². The molecule has 1 aromatic carbocycles. The molecule has 18 heavy (non-hydrogen) atoms. The van der Waals surface area contributed by atoms with E-state index in [0.717, 1.165) is 5.56 Å². The van der Waals surface area contributed by atoms with Gasteiger partial charge in [-0.3, -0.25) is 10.1 Å². The maximum absolute atomic E-state index is 11.0. The zero-order valence-corrected chi connectivity index (χ0v) is 11.1.